The number of likely N-dealkylation sites (tertiary alicyclic amines) is 1. The zero-order valence-electron chi connectivity index (χ0n) is 20.1. The molecule has 6 nitrogen and oxygen atoms in total. The highest BCUT2D eigenvalue weighted by Gasteiger charge is 2.45. The molecule has 1 amide bonds. The zero-order valence-corrected chi connectivity index (χ0v) is 20.1. The van der Waals surface area contributed by atoms with Crippen LogP contribution in [-0.2, 0) is 9.59 Å². The highest BCUT2D eigenvalue weighted by molar-refractivity contribution is 6.46. The molecular weight excluding hydrogens is 418 g/mol. The van der Waals surface area contributed by atoms with Crippen molar-refractivity contribution in [3.05, 3.63) is 64.7 Å². The second-order valence-corrected chi connectivity index (χ2v) is 8.56. The van der Waals surface area contributed by atoms with Crippen LogP contribution in [0.15, 0.2) is 48.0 Å². The number of carbonyl (C=O) groups is 2. The van der Waals surface area contributed by atoms with Crippen molar-refractivity contribution in [1.29, 1.82) is 0 Å². The lowest BCUT2D eigenvalue weighted by molar-refractivity contribution is -0.139. The van der Waals surface area contributed by atoms with E-state index in [0.29, 0.717) is 30.9 Å². The molecule has 0 aliphatic carbocycles. The minimum atomic E-state index is -0.683. The summed E-state index contributed by atoms with van der Waals surface area (Å²) >= 11 is 0. The van der Waals surface area contributed by atoms with Crippen molar-refractivity contribution < 1.29 is 24.2 Å². The van der Waals surface area contributed by atoms with E-state index in [2.05, 4.69) is 0 Å². The van der Waals surface area contributed by atoms with Crippen LogP contribution in [0.5, 0.6) is 11.5 Å². The lowest BCUT2D eigenvalue weighted by Crippen LogP contribution is -2.30. The van der Waals surface area contributed by atoms with Crippen LogP contribution in [-0.4, -0.2) is 41.0 Å². The van der Waals surface area contributed by atoms with E-state index in [9.17, 15) is 14.7 Å². The summed E-state index contributed by atoms with van der Waals surface area (Å²) in [7, 11) is 0. The molecule has 1 unspecified atom stereocenters. The van der Waals surface area contributed by atoms with Crippen molar-refractivity contribution >= 4 is 17.4 Å². The van der Waals surface area contributed by atoms with Gasteiger partial charge in [0.1, 0.15) is 17.3 Å². The first-order valence-electron chi connectivity index (χ1n) is 11.6. The maximum atomic E-state index is 13.1. The van der Waals surface area contributed by atoms with E-state index in [-0.39, 0.29) is 17.4 Å². The van der Waals surface area contributed by atoms with Crippen molar-refractivity contribution in [2.24, 2.45) is 0 Å². The molecule has 1 heterocycles. The Hall–Kier alpha value is -3.28. The number of benzene rings is 2. The normalized spacial score (nSPS) is 17.6. The van der Waals surface area contributed by atoms with Gasteiger partial charge in [-0.05, 0) is 75.1 Å². The molecule has 1 aliphatic rings. The summed E-state index contributed by atoms with van der Waals surface area (Å²) in [6.45, 7) is 10.8. The molecule has 1 fully saturated rings. The third kappa shape index (κ3) is 5.21. The average molecular weight is 452 g/mol. The Bertz CT molecular complexity index is 1060. The van der Waals surface area contributed by atoms with E-state index in [0.717, 1.165) is 23.3 Å². The summed E-state index contributed by atoms with van der Waals surface area (Å²) < 4.78 is 11.6. The quantitative estimate of drug-likeness (QED) is 0.314. The maximum Gasteiger partial charge on any atom is 0.295 e. The van der Waals surface area contributed by atoms with Crippen molar-refractivity contribution in [1.82, 2.24) is 4.90 Å². The lowest BCUT2D eigenvalue weighted by atomic mass is 9.94. The van der Waals surface area contributed by atoms with Crippen LogP contribution in [0.3, 0.4) is 0 Å². The number of Topliss-reactive ketones (excluding diaryl/α,β-unsaturated/α-hetero) is 1. The molecule has 0 radical (unpaired) electrons. The number of aryl methyl sites for hydroxylation is 1. The number of aliphatic hydroxyl groups is 1. The van der Waals surface area contributed by atoms with Crippen molar-refractivity contribution in [2.75, 3.05) is 13.2 Å². The molecule has 0 spiro atoms. The Labute approximate surface area is 195 Å². The molecule has 0 bridgehead atoms. The molecule has 1 atom stereocenters. The molecule has 6 heteroatoms. The third-order valence-corrected chi connectivity index (χ3v) is 5.46. The Morgan fingerprint density at radius 3 is 2.48 bits per heavy atom. The van der Waals surface area contributed by atoms with Gasteiger partial charge in [-0.1, -0.05) is 26.0 Å². The Morgan fingerprint density at radius 1 is 1.09 bits per heavy atom. The monoisotopic (exact) mass is 451 g/mol. The zero-order chi connectivity index (χ0) is 24.1. The van der Waals surface area contributed by atoms with Gasteiger partial charge in [-0.2, -0.15) is 0 Å². The summed E-state index contributed by atoms with van der Waals surface area (Å²) in [6, 6.07) is 12.0. The first-order valence-corrected chi connectivity index (χ1v) is 11.6. The van der Waals surface area contributed by atoms with Crippen LogP contribution >= 0.6 is 0 Å². The number of nitrogens with zero attached hydrogens (tertiary/aromatic N) is 1. The lowest BCUT2D eigenvalue weighted by Gasteiger charge is -2.25. The number of hydrogen-bond acceptors (Lipinski definition) is 5. The second kappa shape index (κ2) is 10.6. The smallest absolute Gasteiger partial charge is 0.295 e. The molecule has 2 aromatic rings. The Balaban J connectivity index is 2.11. The minimum absolute atomic E-state index is 0.0151. The first-order chi connectivity index (χ1) is 15.8. The Morgan fingerprint density at radius 2 is 1.85 bits per heavy atom. The molecule has 1 saturated heterocycles. The Kier molecular flexibility index (Phi) is 7.79. The molecule has 1 N–H and O–H groups in total. The van der Waals surface area contributed by atoms with Gasteiger partial charge in [0, 0.05) is 12.1 Å². The van der Waals surface area contributed by atoms with Crippen LogP contribution in [0.4, 0.5) is 0 Å². The fourth-order valence-corrected chi connectivity index (χ4v) is 4.05. The van der Waals surface area contributed by atoms with E-state index in [1.165, 1.54) is 4.90 Å². The van der Waals surface area contributed by atoms with Gasteiger partial charge in [-0.3, -0.25) is 9.59 Å². The van der Waals surface area contributed by atoms with Gasteiger partial charge in [-0.25, -0.2) is 0 Å². The number of hydrogen-bond donors (Lipinski definition) is 1. The molecule has 0 aromatic heterocycles. The van der Waals surface area contributed by atoms with Gasteiger partial charge in [0.05, 0.1) is 24.3 Å². The predicted molar refractivity (Wildman–Crippen MR) is 128 cm³/mol. The van der Waals surface area contributed by atoms with Crippen LogP contribution in [0.2, 0.25) is 0 Å². The SMILES string of the molecule is CCCOc1ccc(/C(O)=C2\C(=O)C(=O)N(CCC)C2c2cccc(OC(C)C)c2)cc1C. The predicted octanol–water partition coefficient (Wildman–Crippen LogP) is 5.40. The minimum Gasteiger partial charge on any atom is -0.507 e. The summed E-state index contributed by atoms with van der Waals surface area (Å²) in [5.74, 6) is -0.0756. The fraction of sp³-hybridized carbons (Fsp3) is 0.407. The summed E-state index contributed by atoms with van der Waals surface area (Å²) in [6.07, 6.45) is 1.56. The van der Waals surface area contributed by atoms with Crippen LogP contribution in [0.25, 0.3) is 5.76 Å². The van der Waals surface area contributed by atoms with Crippen LogP contribution in [0.1, 0.15) is 63.3 Å². The van der Waals surface area contributed by atoms with Crippen LogP contribution < -0.4 is 9.47 Å². The van der Waals surface area contributed by atoms with E-state index in [1.54, 1.807) is 18.2 Å². The molecule has 33 heavy (non-hydrogen) atoms. The summed E-state index contributed by atoms with van der Waals surface area (Å²) in [4.78, 5) is 27.5. The van der Waals surface area contributed by atoms with Crippen molar-refractivity contribution in [2.45, 2.75) is 59.6 Å². The van der Waals surface area contributed by atoms with Gasteiger partial charge in [0.2, 0.25) is 0 Å². The number of carbonyl (C=O) groups excluding carboxylic acids is 2. The largest absolute Gasteiger partial charge is 0.507 e. The molecule has 3 rings (SSSR count). The molecular formula is C27H33NO5. The number of aliphatic hydroxyl groups excluding tert-OH is 1. The number of ketones is 1. The highest BCUT2D eigenvalue weighted by Crippen LogP contribution is 2.40. The van der Waals surface area contributed by atoms with Gasteiger partial charge in [0.15, 0.2) is 0 Å². The van der Waals surface area contributed by atoms with Gasteiger partial charge in [0.25, 0.3) is 11.7 Å². The summed E-state index contributed by atoms with van der Waals surface area (Å²) in [5.41, 5.74) is 2.14. The number of rotatable bonds is 9. The number of ether oxygens (including phenoxy) is 2. The van der Waals surface area contributed by atoms with Crippen molar-refractivity contribution in [3.8, 4) is 11.5 Å². The molecule has 2 aromatic carbocycles. The van der Waals surface area contributed by atoms with E-state index < -0.39 is 17.7 Å². The highest BCUT2D eigenvalue weighted by atomic mass is 16.5. The van der Waals surface area contributed by atoms with Crippen LogP contribution in [0, 0.1) is 6.92 Å². The molecule has 0 saturated carbocycles. The van der Waals surface area contributed by atoms with Gasteiger partial charge in [-0.15, -0.1) is 0 Å². The molecule has 176 valence electrons. The molecule has 1 aliphatic heterocycles. The van der Waals surface area contributed by atoms with E-state index >= 15 is 0 Å². The van der Waals surface area contributed by atoms with Crippen molar-refractivity contribution in [3.63, 3.8) is 0 Å². The van der Waals surface area contributed by atoms with E-state index in [4.69, 9.17) is 9.47 Å². The van der Waals surface area contributed by atoms with Gasteiger partial charge >= 0.3 is 0 Å². The standard InChI is InChI=1S/C27H33NO5/c1-6-13-28-24(19-9-8-10-21(16-19)33-17(3)4)23(26(30)27(28)31)25(29)20-11-12-22(18(5)15-20)32-14-7-2/h8-12,15-17,24,29H,6-7,13-14H2,1-5H3/b25-23+. The maximum absolute atomic E-state index is 13.1. The van der Waals surface area contributed by atoms with Gasteiger partial charge < -0.3 is 19.5 Å². The third-order valence-electron chi connectivity index (χ3n) is 5.46. The van der Waals surface area contributed by atoms with E-state index in [1.807, 2.05) is 58.9 Å². The number of amides is 1. The fourth-order valence-electron chi connectivity index (χ4n) is 4.05. The summed E-state index contributed by atoms with van der Waals surface area (Å²) in [5, 5.41) is 11.2. The average Bonchev–Trinajstić information content (AvgIpc) is 3.03. The second-order valence-electron chi connectivity index (χ2n) is 8.56. The topological polar surface area (TPSA) is 76.1 Å². The first kappa shape index (κ1) is 24.4.